The van der Waals surface area contributed by atoms with E-state index >= 15 is 0 Å². The molecule has 1 fully saturated rings. The minimum absolute atomic E-state index is 0.0497. The predicted octanol–water partition coefficient (Wildman–Crippen LogP) is 2.32. The van der Waals surface area contributed by atoms with Gasteiger partial charge < -0.3 is 4.90 Å². The van der Waals surface area contributed by atoms with Crippen LogP contribution in [0.4, 0.5) is 0 Å². The highest BCUT2D eigenvalue weighted by molar-refractivity contribution is 7.99. The molecule has 22 heavy (non-hydrogen) atoms. The van der Waals surface area contributed by atoms with Gasteiger partial charge in [-0.15, -0.1) is 5.10 Å². The van der Waals surface area contributed by atoms with E-state index in [1.54, 1.807) is 4.90 Å². The van der Waals surface area contributed by atoms with Crippen molar-refractivity contribution < 1.29 is 4.79 Å². The fraction of sp³-hybridized carbons (Fsp3) is 0.467. The molecule has 3 rings (SSSR count). The van der Waals surface area contributed by atoms with Gasteiger partial charge in [-0.2, -0.15) is 0 Å². The number of nitrogens with zero attached hydrogens (tertiary/aromatic N) is 5. The maximum Gasteiger partial charge on any atom is 0.233 e. The number of benzene rings is 1. The lowest BCUT2D eigenvalue weighted by atomic mass is 10.1. The third-order valence-corrected chi connectivity index (χ3v) is 4.85. The molecule has 0 aliphatic heterocycles. The quantitative estimate of drug-likeness (QED) is 0.765. The number of tetrazole rings is 1. The van der Waals surface area contributed by atoms with Crippen LogP contribution >= 0.6 is 11.8 Å². The van der Waals surface area contributed by atoms with Crippen LogP contribution < -0.4 is 0 Å². The smallest absolute Gasteiger partial charge is 0.233 e. The minimum atomic E-state index is 0.0497. The average Bonchev–Trinajstić information content (AvgIpc) is 3.30. The number of aromatic nitrogens is 4. The Morgan fingerprint density at radius 2 is 2.14 bits per heavy atom. The molecule has 0 N–H and O–H groups in total. The van der Waals surface area contributed by atoms with Crippen LogP contribution in [0, 0.1) is 0 Å². The molecule has 0 bridgehead atoms. The predicted molar refractivity (Wildman–Crippen MR) is 84.4 cm³/mol. The third-order valence-electron chi connectivity index (χ3n) is 3.94. The van der Waals surface area contributed by atoms with Gasteiger partial charge in [0.05, 0.1) is 17.8 Å². The van der Waals surface area contributed by atoms with Crippen LogP contribution in [0.5, 0.6) is 0 Å². The maximum absolute atomic E-state index is 12.4. The molecule has 2 aromatic rings. The van der Waals surface area contributed by atoms with Gasteiger partial charge in [-0.25, -0.2) is 4.68 Å². The van der Waals surface area contributed by atoms with E-state index in [0.29, 0.717) is 11.8 Å². The molecule has 6 nitrogen and oxygen atoms in total. The lowest BCUT2D eigenvalue weighted by Crippen LogP contribution is -2.31. The number of hydrogen-bond acceptors (Lipinski definition) is 5. The molecule has 1 heterocycles. The molecule has 116 valence electrons. The second kappa shape index (κ2) is 6.48. The van der Waals surface area contributed by atoms with Crippen LogP contribution in [-0.4, -0.2) is 43.8 Å². The Morgan fingerprint density at radius 3 is 2.82 bits per heavy atom. The number of amides is 1. The number of thioether (sulfide) groups is 1. The van der Waals surface area contributed by atoms with Crippen LogP contribution in [-0.2, 0) is 4.79 Å². The average molecular weight is 317 g/mol. The van der Waals surface area contributed by atoms with E-state index in [2.05, 4.69) is 15.5 Å². The number of hydrogen-bond donors (Lipinski definition) is 0. The second-order valence-electron chi connectivity index (χ2n) is 5.52. The van der Waals surface area contributed by atoms with Gasteiger partial charge in [-0.3, -0.25) is 4.79 Å². The van der Waals surface area contributed by atoms with Gasteiger partial charge in [0, 0.05) is 7.05 Å². The molecule has 1 saturated carbocycles. The molecule has 0 saturated heterocycles. The van der Waals surface area contributed by atoms with Gasteiger partial charge in [0.1, 0.15) is 0 Å². The lowest BCUT2D eigenvalue weighted by molar-refractivity contribution is -0.128. The molecule has 1 aromatic carbocycles. The van der Waals surface area contributed by atoms with Crippen molar-refractivity contribution in [1.29, 1.82) is 0 Å². The summed E-state index contributed by atoms with van der Waals surface area (Å²) in [5, 5.41) is 12.4. The Balaban J connectivity index is 1.58. The summed E-state index contributed by atoms with van der Waals surface area (Å²) >= 11 is 1.41. The van der Waals surface area contributed by atoms with Crippen LogP contribution in [0.15, 0.2) is 35.5 Å². The van der Waals surface area contributed by atoms with Crippen molar-refractivity contribution in [3.8, 4) is 0 Å². The van der Waals surface area contributed by atoms with Gasteiger partial charge in [0.2, 0.25) is 11.1 Å². The Morgan fingerprint density at radius 1 is 1.41 bits per heavy atom. The van der Waals surface area contributed by atoms with Gasteiger partial charge in [0.25, 0.3) is 0 Å². The molecular weight excluding hydrogens is 298 g/mol. The molecule has 1 unspecified atom stereocenters. The van der Waals surface area contributed by atoms with Crippen molar-refractivity contribution in [1.82, 2.24) is 25.1 Å². The summed E-state index contributed by atoms with van der Waals surface area (Å²) < 4.78 is 1.83. The highest BCUT2D eigenvalue weighted by Crippen LogP contribution is 2.36. The monoisotopic (exact) mass is 317 g/mol. The molecule has 0 radical (unpaired) electrons. The maximum atomic E-state index is 12.4. The van der Waals surface area contributed by atoms with Crippen LogP contribution in [0.25, 0.3) is 0 Å². The first-order chi connectivity index (χ1) is 10.7. The van der Waals surface area contributed by atoms with E-state index < -0.39 is 0 Å². The first-order valence-electron chi connectivity index (χ1n) is 7.38. The molecular formula is C15H19N5OS. The molecule has 1 aliphatic rings. The largest absolute Gasteiger partial charge is 0.338 e. The SMILES string of the molecule is CC(c1ccccc1)N(C)C(=O)CSc1nnnn1C1CC1. The van der Waals surface area contributed by atoms with Crippen molar-refractivity contribution in [2.45, 2.75) is 37.0 Å². The lowest BCUT2D eigenvalue weighted by Gasteiger charge is -2.25. The van der Waals surface area contributed by atoms with Crippen LogP contribution in [0.3, 0.4) is 0 Å². The Bertz CT molecular complexity index is 640. The van der Waals surface area contributed by atoms with E-state index in [0.717, 1.165) is 23.6 Å². The summed E-state index contributed by atoms with van der Waals surface area (Å²) in [4.78, 5) is 14.1. The molecule has 1 aliphatic carbocycles. The molecule has 0 spiro atoms. The zero-order valence-electron chi connectivity index (χ0n) is 12.7. The Kier molecular flexibility index (Phi) is 4.42. The summed E-state index contributed by atoms with van der Waals surface area (Å²) in [6, 6.07) is 10.5. The highest BCUT2D eigenvalue weighted by Gasteiger charge is 2.28. The summed E-state index contributed by atoms with van der Waals surface area (Å²) in [7, 11) is 1.84. The summed E-state index contributed by atoms with van der Waals surface area (Å²) in [6.07, 6.45) is 2.25. The third kappa shape index (κ3) is 3.30. The van der Waals surface area contributed by atoms with Crippen molar-refractivity contribution in [2.24, 2.45) is 0 Å². The molecule has 1 aromatic heterocycles. The highest BCUT2D eigenvalue weighted by atomic mass is 32.2. The summed E-state index contributed by atoms with van der Waals surface area (Å²) in [5.41, 5.74) is 1.13. The van der Waals surface area contributed by atoms with Gasteiger partial charge in [-0.1, -0.05) is 42.1 Å². The second-order valence-corrected chi connectivity index (χ2v) is 6.46. The van der Waals surface area contributed by atoms with Gasteiger partial charge in [0.15, 0.2) is 0 Å². The zero-order chi connectivity index (χ0) is 15.5. The van der Waals surface area contributed by atoms with E-state index in [4.69, 9.17) is 0 Å². The van der Waals surface area contributed by atoms with Crippen LogP contribution in [0.2, 0.25) is 0 Å². The van der Waals surface area contributed by atoms with E-state index in [1.165, 1.54) is 11.8 Å². The molecule has 1 atom stereocenters. The molecule has 1 amide bonds. The molecule has 7 heteroatoms. The van der Waals surface area contributed by atoms with E-state index in [1.807, 2.05) is 49.0 Å². The number of carbonyl (C=O) groups excluding carboxylic acids is 1. The van der Waals surface area contributed by atoms with Gasteiger partial charge in [-0.05, 0) is 35.8 Å². The fourth-order valence-corrected chi connectivity index (χ4v) is 3.10. The first-order valence-corrected chi connectivity index (χ1v) is 8.36. The van der Waals surface area contributed by atoms with Crippen molar-refractivity contribution in [3.63, 3.8) is 0 Å². The van der Waals surface area contributed by atoms with Crippen molar-refractivity contribution in [3.05, 3.63) is 35.9 Å². The fourth-order valence-electron chi connectivity index (χ4n) is 2.23. The first kappa shape index (κ1) is 15.0. The number of rotatable bonds is 6. The Hall–Kier alpha value is -1.89. The summed E-state index contributed by atoms with van der Waals surface area (Å²) in [5.74, 6) is 0.424. The summed E-state index contributed by atoms with van der Waals surface area (Å²) in [6.45, 7) is 2.03. The van der Waals surface area contributed by atoms with Crippen LogP contribution in [0.1, 0.15) is 37.4 Å². The van der Waals surface area contributed by atoms with Crippen molar-refractivity contribution >= 4 is 17.7 Å². The normalized spacial score (nSPS) is 15.5. The van der Waals surface area contributed by atoms with Gasteiger partial charge >= 0.3 is 0 Å². The Labute approximate surface area is 133 Å². The number of carbonyl (C=O) groups is 1. The van der Waals surface area contributed by atoms with E-state index in [-0.39, 0.29) is 11.9 Å². The zero-order valence-corrected chi connectivity index (χ0v) is 13.5. The van der Waals surface area contributed by atoms with Crippen molar-refractivity contribution in [2.75, 3.05) is 12.8 Å². The topological polar surface area (TPSA) is 63.9 Å². The standard InChI is InChI=1S/C15H19N5OS/c1-11(12-6-4-3-5-7-12)19(2)14(21)10-22-15-16-17-18-20(15)13-8-9-13/h3-7,11,13H,8-10H2,1-2H3. The van der Waals surface area contributed by atoms with E-state index in [9.17, 15) is 4.79 Å². The minimum Gasteiger partial charge on any atom is -0.338 e.